The third kappa shape index (κ3) is 65.5. The van der Waals surface area contributed by atoms with Crippen molar-refractivity contribution in [2.45, 2.75) is 424 Å². The molecule has 2 unspecified atom stereocenters. The summed E-state index contributed by atoms with van der Waals surface area (Å²) in [5.41, 5.74) is 0. The first-order chi connectivity index (χ1) is 39.5. The second kappa shape index (κ2) is 69.8. The summed E-state index contributed by atoms with van der Waals surface area (Å²) in [5, 5.41) is 23.3. The Kier molecular flexibility index (Phi) is 68.4. The van der Waals surface area contributed by atoms with E-state index in [-0.39, 0.29) is 18.5 Å². The molecule has 0 aliphatic heterocycles. The summed E-state index contributed by atoms with van der Waals surface area (Å²) in [6.45, 7) is 4.94. The molecule has 6 heteroatoms. The molecule has 0 rings (SSSR count). The van der Waals surface area contributed by atoms with E-state index in [2.05, 4.69) is 31.3 Å². The van der Waals surface area contributed by atoms with Crippen molar-refractivity contribution in [3.8, 4) is 0 Å². The molecule has 0 radical (unpaired) electrons. The van der Waals surface area contributed by atoms with Gasteiger partial charge in [0.15, 0.2) is 0 Å². The monoisotopic (exact) mass is 1130 g/mol. The van der Waals surface area contributed by atoms with Crippen LogP contribution in [0.3, 0.4) is 0 Å². The number of hydrogen-bond donors (Lipinski definition) is 3. The molecule has 0 fully saturated rings. The fraction of sp³-hybridized carbons (Fsp3) is 0.919. The van der Waals surface area contributed by atoms with E-state index in [1.165, 1.54) is 340 Å². The van der Waals surface area contributed by atoms with Gasteiger partial charge < -0.3 is 20.3 Å². The van der Waals surface area contributed by atoms with Crippen molar-refractivity contribution in [3.05, 3.63) is 24.3 Å². The van der Waals surface area contributed by atoms with Gasteiger partial charge in [-0.15, -0.1) is 0 Å². The summed E-state index contributed by atoms with van der Waals surface area (Å²) in [5.74, 6) is -0.0605. The molecule has 0 aliphatic carbocycles. The molecular formula is C74H143NO5. The van der Waals surface area contributed by atoms with E-state index >= 15 is 0 Å². The van der Waals surface area contributed by atoms with Gasteiger partial charge in [-0.05, 0) is 57.8 Å². The molecule has 0 aromatic rings. The molecule has 6 nitrogen and oxygen atoms in total. The van der Waals surface area contributed by atoms with Gasteiger partial charge >= 0.3 is 5.97 Å². The van der Waals surface area contributed by atoms with Crippen LogP contribution in [-0.4, -0.2) is 47.4 Å². The van der Waals surface area contributed by atoms with Gasteiger partial charge in [0.2, 0.25) is 5.91 Å². The van der Waals surface area contributed by atoms with Crippen LogP contribution in [-0.2, 0) is 14.3 Å². The number of amides is 1. The average Bonchev–Trinajstić information content (AvgIpc) is 3.46. The Hall–Kier alpha value is -1.66. The minimum Gasteiger partial charge on any atom is -0.466 e. The highest BCUT2D eigenvalue weighted by atomic mass is 16.5. The predicted octanol–water partition coefficient (Wildman–Crippen LogP) is 23.7. The molecule has 1 amide bonds. The number of ether oxygens (including phenoxy) is 1. The van der Waals surface area contributed by atoms with Crippen molar-refractivity contribution in [3.63, 3.8) is 0 Å². The van der Waals surface area contributed by atoms with Crippen molar-refractivity contribution in [1.82, 2.24) is 5.32 Å². The fourth-order valence-corrected chi connectivity index (χ4v) is 11.6. The largest absolute Gasteiger partial charge is 0.466 e. The molecule has 0 aliphatic rings. The smallest absolute Gasteiger partial charge is 0.305 e. The van der Waals surface area contributed by atoms with E-state index in [0.29, 0.717) is 19.4 Å². The lowest BCUT2D eigenvalue weighted by atomic mass is 10.0. The topological polar surface area (TPSA) is 95.9 Å². The van der Waals surface area contributed by atoms with Crippen LogP contribution < -0.4 is 5.32 Å². The van der Waals surface area contributed by atoms with Gasteiger partial charge in [0.1, 0.15) is 0 Å². The molecule has 0 saturated carbocycles. The van der Waals surface area contributed by atoms with Gasteiger partial charge in [-0.25, -0.2) is 0 Å². The molecule has 80 heavy (non-hydrogen) atoms. The van der Waals surface area contributed by atoms with Crippen LogP contribution in [0.4, 0.5) is 0 Å². The van der Waals surface area contributed by atoms with Crippen LogP contribution in [0, 0.1) is 0 Å². The van der Waals surface area contributed by atoms with Crippen LogP contribution in [0.5, 0.6) is 0 Å². The zero-order valence-electron chi connectivity index (χ0n) is 54.3. The second-order valence-corrected chi connectivity index (χ2v) is 25.3. The van der Waals surface area contributed by atoms with E-state index in [1.54, 1.807) is 6.08 Å². The van der Waals surface area contributed by atoms with Crippen LogP contribution in [0.2, 0.25) is 0 Å². The van der Waals surface area contributed by atoms with E-state index in [4.69, 9.17) is 4.74 Å². The molecule has 0 saturated heterocycles. The number of aliphatic hydroxyl groups excluding tert-OH is 2. The van der Waals surface area contributed by atoms with E-state index in [0.717, 1.165) is 44.9 Å². The maximum Gasteiger partial charge on any atom is 0.305 e. The number of esters is 1. The van der Waals surface area contributed by atoms with Gasteiger partial charge in [-0.1, -0.05) is 366 Å². The standard InChI is InChI=1S/C74H143NO5/c1-3-5-7-9-11-13-15-17-19-21-23-24-25-26-27-31-34-38-42-46-50-54-58-62-66-72(77)71(70-76)75-73(78)67-63-59-55-51-47-43-39-35-32-28-29-33-37-41-45-49-53-57-61-65-69-80-74(79)68-64-60-56-52-48-44-40-36-30-22-20-18-16-14-12-10-8-6-4-2/h28,32,62,66,71-72,76-77H,3-27,29-31,33-61,63-65,67-70H2,1-2H3,(H,75,78)/b32-28-,66-62+. The summed E-state index contributed by atoms with van der Waals surface area (Å²) in [4.78, 5) is 24.7. The Balaban J connectivity index is 3.43. The van der Waals surface area contributed by atoms with Crippen LogP contribution >= 0.6 is 0 Å². The molecule has 0 bridgehead atoms. The zero-order chi connectivity index (χ0) is 57.8. The molecule has 3 N–H and O–H groups in total. The Morgan fingerprint density at radius 1 is 0.338 bits per heavy atom. The van der Waals surface area contributed by atoms with Gasteiger partial charge in [-0.2, -0.15) is 0 Å². The van der Waals surface area contributed by atoms with Crippen LogP contribution in [0.1, 0.15) is 412 Å². The van der Waals surface area contributed by atoms with Crippen LogP contribution in [0.25, 0.3) is 0 Å². The van der Waals surface area contributed by atoms with Crippen molar-refractivity contribution < 1.29 is 24.5 Å². The number of hydrogen-bond acceptors (Lipinski definition) is 5. The average molecular weight is 1130 g/mol. The van der Waals surface area contributed by atoms with Crippen molar-refractivity contribution in [2.75, 3.05) is 13.2 Å². The lowest BCUT2D eigenvalue weighted by Gasteiger charge is -2.20. The number of carbonyl (C=O) groups is 2. The Labute approximate surface area is 501 Å². The van der Waals surface area contributed by atoms with Gasteiger partial charge in [0.25, 0.3) is 0 Å². The first-order valence-electron chi connectivity index (χ1n) is 36.6. The molecule has 0 aromatic carbocycles. The van der Waals surface area contributed by atoms with Crippen LogP contribution in [0.15, 0.2) is 24.3 Å². The number of nitrogens with one attached hydrogen (secondary N) is 1. The summed E-state index contributed by atoms with van der Waals surface area (Å²) < 4.78 is 5.51. The van der Waals surface area contributed by atoms with Gasteiger partial charge in [0.05, 0.1) is 25.4 Å². The quantitative estimate of drug-likeness (QED) is 0.0320. The first-order valence-corrected chi connectivity index (χ1v) is 36.6. The molecule has 474 valence electrons. The molecule has 0 spiro atoms. The SMILES string of the molecule is CCCCCCCCCCCCCCCCCCCCCCCC/C=C/C(O)C(CO)NC(=O)CCCCCCCCC/C=C\CCCCCCCCCCCOC(=O)CCCCCCCCCCCCCCCCCCCCC. The summed E-state index contributed by atoms with van der Waals surface area (Å²) in [7, 11) is 0. The number of aliphatic hydroxyl groups is 2. The van der Waals surface area contributed by atoms with E-state index < -0.39 is 12.1 Å². The minimum atomic E-state index is -0.852. The molecular weight excluding hydrogens is 983 g/mol. The summed E-state index contributed by atoms with van der Waals surface area (Å²) in [6, 6.07) is -0.636. The zero-order valence-corrected chi connectivity index (χ0v) is 54.3. The Bertz CT molecular complexity index is 1250. The number of carbonyl (C=O) groups excluding carboxylic acids is 2. The molecule has 0 aromatic heterocycles. The van der Waals surface area contributed by atoms with E-state index in [1.807, 2.05) is 6.08 Å². The second-order valence-electron chi connectivity index (χ2n) is 25.3. The number of allylic oxidation sites excluding steroid dienone is 3. The highest BCUT2D eigenvalue weighted by molar-refractivity contribution is 5.76. The normalized spacial score (nSPS) is 12.6. The fourth-order valence-electron chi connectivity index (χ4n) is 11.6. The first kappa shape index (κ1) is 78.3. The van der Waals surface area contributed by atoms with Gasteiger partial charge in [0, 0.05) is 12.8 Å². The molecule has 2 atom stereocenters. The highest BCUT2D eigenvalue weighted by Gasteiger charge is 2.18. The van der Waals surface area contributed by atoms with Crippen molar-refractivity contribution >= 4 is 11.9 Å². The minimum absolute atomic E-state index is 0.0114. The predicted molar refractivity (Wildman–Crippen MR) is 352 cm³/mol. The van der Waals surface area contributed by atoms with Gasteiger partial charge in [-0.3, -0.25) is 9.59 Å². The third-order valence-electron chi connectivity index (χ3n) is 17.2. The third-order valence-corrected chi connectivity index (χ3v) is 17.2. The number of rotatable bonds is 69. The lowest BCUT2D eigenvalue weighted by molar-refractivity contribution is -0.143. The summed E-state index contributed by atoms with van der Waals surface area (Å²) >= 11 is 0. The maximum absolute atomic E-state index is 12.5. The van der Waals surface area contributed by atoms with E-state index in [9.17, 15) is 19.8 Å². The lowest BCUT2D eigenvalue weighted by Crippen LogP contribution is -2.45. The van der Waals surface area contributed by atoms with Crippen molar-refractivity contribution in [1.29, 1.82) is 0 Å². The Morgan fingerprint density at radius 3 is 0.887 bits per heavy atom. The Morgan fingerprint density at radius 2 is 0.588 bits per heavy atom. The molecule has 0 heterocycles. The summed E-state index contributed by atoms with van der Waals surface area (Å²) in [6.07, 6.45) is 88.3. The van der Waals surface area contributed by atoms with Crippen molar-refractivity contribution in [2.24, 2.45) is 0 Å². The maximum atomic E-state index is 12.5. The number of unbranched alkanes of at least 4 members (excludes halogenated alkanes) is 56. The highest BCUT2D eigenvalue weighted by Crippen LogP contribution is 2.19.